The summed E-state index contributed by atoms with van der Waals surface area (Å²) in [4.78, 5) is 0. The smallest absolute Gasteiger partial charge is 0.0885 e. The minimum Gasteiger partial charge on any atom is -0.390 e. The molecule has 0 spiro atoms. The average Bonchev–Trinajstić information content (AvgIpc) is 2.34. The highest BCUT2D eigenvalue weighted by Crippen LogP contribution is 2.27. The van der Waals surface area contributed by atoms with E-state index >= 15 is 0 Å². The summed E-state index contributed by atoms with van der Waals surface area (Å²) < 4.78 is 5.77. The van der Waals surface area contributed by atoms with Gasteiger partial charge in [0.05, 0.1) is 12.2 Å². The highest BCUT2D eigenvalue weighted by atomic mass is 16.5. The third kappa shape index (κ3) is 5.44. The molecule has 0 fully saturated rings. The molecule has 2 atom stereocenters. The van der Waals surface area contributed by atoms with Crippen LogP contribution in [-0.2, 0) is 16.6 Å². The van der Waals surface area contributed by atoms with Crippen LogP contribution in [-0.4, -0.2) is 23.9 Å². The van der Waals surface area contributed by atoms with Crippen molar-refractivity contribution in [3.05, 3.63) is 35.4 Å². The first kappa shape index (κ1) is 18.2. The zero-order chi connectivity index (χ0) is 16.3. The minimum atomic E-state index is -0.481. The maximum Gasteiger partial charge on any atom is 0.0885 e. The third-order valence-corrected chi connectivity index (χ3v) is 3.81. The van der Waals surface area contributed by atoms with E-state index in [1.54, 1.807) is 0 Å². The van der Waals surface area contributed by atoms with Gasteiger partial charge in [-0.15, -0.1) is 0 Å². The molecule has 0 aliphatic heterocycles. The molecule has 0 aliphatic carbocycles. The van der Waals surface area contributed by atoms with E-state index in [0.717, 1.165) is 5.56 Å². The maximum absolute atomic E-state index is 10.5. The number of hydrogen-bond donors (Lipinski definition) is 1. The monoisotopic (exact) mass is 292 g/mol. The molecular weight excluding hydrogens is 260 g/mol. The van der Waals surface area contributed by atoms with Crippen LogP contribution in [0.3, 0.4) is 0 Å². The van der Waals surface area contributed by atoms with E-state index in [4.69, 9.17) is 4.74 Å². The fourth-order valence-electron chi connectivity index (χ4n) is 2.61. The molecule has 0 aromatic heterocycles. The molecule has 21 heavy (non-hydrogen) atoms. The highest BCUT2D eigenvalue weighted by Gasteiger charge is 2.31. The van der Waals surface area contributed by atoms with Crippen LogP contribution in [0.15, 0.2) is 24.3 Å². The van der Waals surface area contributed by atoms with E-state index in [1.165, 1.54) is 5.56 Å². The Hall–Kier alpha value is -0.860. The van der Waals surface area contributed by atoms with Gasteiger partial charge in [0, 0.05) is 13.0 Å². The van der Waals surface area contributed by atoms with E-state index in [-0.39, 0.29) is 16.9 Å². The predicted molar refractivity (Wildman–Crippen MR) is 89.7 cm³/mol. The van der Waals surface area contributed by atoms with Crippen LogP contribution in [0, 0.1) is 5.41 Å². The molecule has 0 bridgehead atoms. The lowest BCUT2D eigenvalue weighted by Crippen LogP contribution is -2.41. The van der Waals surface area contributed by atoms with Crippen molar-refractivity contribution in [3.63, 3.8) is 0 Å². The number of aliphatic hydroxyl groups excluding tert-OH is 1. The lowest BCUT2D eigenvalue weighted by molar-refractivity contribution is -0.0873. The number of benzene rings is 1. The summed E-state index contributed by atoms with van der Waals surface area (Å²) in [6.45, 7) is 15.6. The topological polar surface area (TPSA) is 29.5 Å². The predicted octanol–water partition coefficient (Wildman–Crippen LogP) is 4.34. The molecule has 1 N–H and O–H groups in total. The molecule has 0 aliphatic rings. The van der Waals surface area contributed by atoms with Crippen molar-refractivity contribution >= 4 is 0 Å². The SMILES string of the molecule is CCOC(C(O)Cc1ccc(C(C)(C)C)cc1)C(C)(C)C. The van der Waals surface area contributed by atoms with E-state index in [0.29, 0.717) is 13.0 Å². The summed E-state index contributed by atoms with van der Waals surface area (Å²) >= 11 is 0. The van der Waals surface area contributed by atoms with Crippen molar-refractivity contribution in [1.82, 2.24) is 0 Å². The van der Waals surface area contributed by atoms with Gasteiger partial charge in [0.15, 0.2) is 0 Å². The molecule has 0 saturated carbocycles. The van der Waals surface area contributed by atoms with Gasteiger partial charge in [-0.3, -0.25) is 0 Å². The quantitative estimate of drug-likeness (QED) is 0.875. The van der Waals surface area contributed by atoms with Crippen LogP contribution in [0.4, 0.5) is 0 Å². The van der Waals surface area contributed by atoms with Crippen LogP contribution in [0.5, 0.6) is 0 Å². The average molecular weight is 292 g/mol. The first-order valence-electron chi connectivity index (χ1n) is 7.94. The molecule has 1 aromatic rings. The van der Waals surface area contributed by atoms with Crippen molar-refractivity contribution in [1.29, 1.82) is 0 Å². The van der Waals surface area contributed by atoms with E-state index < -0.39 is 6.10 Å². The first-order chi connectivity index (χ1) is 9.55. The van der Waals surface area contributed by atoms with Crippen LogP contribution in [0.2, 0.25) is 0 Å². The Bertz CT molecular complexity index is 420. The van der Waals surface area contributed by atoms with Crippen molar-refractivity contribution in [3.8, 4) is 0 Å². The highest BCUT2D eigenvalue weighted by molar-refractivity contribution is 5.28. The Morgan fingerprint density at radius 2 is 1.52 bits per heavy atom. The zero-order valence-electron chi connectivity index (χ0n) is 14.7. The summed E-state index contributed by atoms with van der Waals surface area (Å²) in [6.07, 6.45) is 0.00189. The second-order valence-electron chi connectivity index (χ2n) is 7.96. The second kappa shape index (κ2) is 6.93. The van der Waals surface area contributed by atoms with E-state index in [9.17, 15) is 5.11 Å². The number of rotatable bonds is 5. The van der Waals surface area contributed by atoms with E-state index in [2.05, 4.69) is 65.8 Å². The van der Waals surface area contributed by atoms with Gasteiger partial charge in [0.25, 0.3) is 0 Å². The summed E-state index contributed by atoms with van der Waals surface area (Å²) in [5.74, 6) is 0. The molecule has 0 saturated heterocycles. The molecule has 2 unspecified atom stereocenters. The van der Waals surface area contributed by atoms with Gasteiger partial charge in [0.2, 0.25) is 0 Å². The van der Waals surface area contributed by atoms with Crippen molar-refractivity contribution in [2.45, 2.75) is 72.5 Å². The van der Waals surface area contributed by atoms with Crippen LogP contribution in [0.25, 0.3) is 0 Å². The maximum atomic E-state index is 10.5. The van der Waals surface area contributed by atoms with Crippen molar-refractivity contribution in [2.75, 3.05) is 6.61 Å². The van der Waals surface area contributed by atoms with Crippen LogP contribution >= 0.6 is 0 Å². The van der Waals surface area contributed by atoms with Gasteiger partial charge >= 0.3 is 0 Å². The largest absolute Gasteiger partial charge is 0.390 e. The van der Waals surface area contributed by atoms with Crippen LogP contribution in [0.1, 0.15) is 59.6 Å². The second-order valence-corrected chi connectivity index (χ2v) is 7.96. The van der Waals surface area contributed by atoms with Gasteiger partial charge in [0.1, 0.15) is 0 Å². The zero-order valence-corrected chi connectivity index (χ0v) is 14.7. The Labute approximate surface area is 130 Å². The van der Waals surface area contributed by atoms with Gasteiger partial charge < -0.3 is 9.84 Å². The fraction of sp³-hybridized carbons (Fsp3) is 0.684. The fourth-order valence-corrected chi connectivity index (χ4v) is 2.61. The van der Waals surface area contributed by atoms with E-state index in [1.807, 2.05) is 6.92 Å². The molecule has 2 nitrogen and oxygen atoms in total. The normalized spacial score (nSPS) is 15.8. The molecular formula is C19H32O2. The first-order valence-corrected chi connectivity index (χ1v) is 7.94. The minimum absolute atomic E-state index is 0.0687. The summed E-state index contributed by atoms with van der Waals surface area (Å²) in [6, 6.07) is 8.56. The van der Waals surface area contributed by atoms with Crippen molar-refractivity contribution < 1.29 is 9.84 Å². The molecule has 1 rings (SSSR count). The van der Waals surface area contributed by atoms with Gasteiger partial charge in [-0.1, -0.05) is 65.8 Å². The number of aliphatic hydroxyl groups is 1. The third-order valence-electron chi connectivity index (χ3n) is 3.81. The molecule has 1 aromatic carbocycles. The summed E-state index contributed by atoms with van der Waals surface area (Å²) in [7, 11) is 0. The van der Waals surface area contributed by atoms with Gasteiger partial charge in [-0.05, 0) is 28.9 Å². The van der Waals surface area contributed by atoms with Crippen LogP contribution < -0.4 is 0 Å². The number of ether oxygens (including phenoxy) is 1. The molecule has 2 heteroatoms. The Kier molecular flexibility index (Phi) is 6.01. The van der Waals surface area contributed by atoms with Gasteiger partial charge in [-0.25, -0.2) is 0 Å². The Morgan fingerprint density at radius 3 is 1.90 bits per heavy atom. The summed E-state index contributed by atoms with van der Waals surface area (Å²) in [5.41, 5.74) is 2.57. The molecule has 0 heterocycles. The standard InChI is InChI=1S/C19H32O2/c1-8-21-17(19(5,6)7)16(20)13-14-9-11-15(12-10-14)18(2,3)4/h9-12,16-17,20H,8,13H2,1-7H3. The molecule has 120 valence electrons. The van der Waals surface area contributed by atoms with Crippen molar-refractivity contribution in [2.24, 2.45) is 5.41 Å². The lowest BCUT2D eigenvalue weighted by atomic mass is 9.83. The lowest BCUT2D eigenvalue weighted by Gasteiger charge is -2.34. The Balaban J connectivity index is 2.80. The van der Waals surface area contributed by atoms with Gasteiger partial charge in [-0.2, -0.15) is 0 Å². The molecule has 0 radical (unpaired) electrons. The Morgan fingerprint density at radius 1 is 1.00 bits per heavy atom. The summed E-state index contributed by atoms with van der Waals surface area (Å²) in [5, 5.41) is 10.5. The number of hydrogen-bond acceptors (Lipinski definition) is 2. The molecule has 0 amide bonds.